The molecule has 0 saturated carbocycles. The average Bonchev–Trinajstić information content (AvgIpc) is 2.92. The third kappa shape index (κ3) is 2.72. The van der Waals surface area contributed by atoms with E-state index in [0.717, 1.165) is 10.4 Å². The molecule has 0 fully saturated rings. The number of nitrogens with zero attached hydrogens (tertiary/aromatic N) is 1. The lowest BCUT2D eigenvalue weighted by Crippen LogP contribution is -2.09. The number of carbonyl (C=O) groups is 1. The summed E-state index contributed by atoms with van der Waals surface area (Å²) in [6.45, 7) is 0.214. The molecule has 2 nitrogen and oxygen atoms in total. The molecule has 0 aliphatic rings. The van der Waals surface area contributed by atoms with Crippen molar-refractivity contribution in [3.8, 4) is 0 Å². The smallest absolute Gasteiger partial charge is 0.182 e. The van der Waals surface area contributed by atoms with Crippen LogP contribution in [0.5, 0.6) is 0 Å². The molecule has 2 aromatic carbocycles. The van der Waals surface area contributed by atoms with Gasteiger partial charge in [-0.25, -0.2) is 4.39 Å². The number of halogens is 1. The minimum Gasteiger partial charge on any atom is -0.340 e. The van der Waals surface area contributed by atoms with E-state index < -0.39 is 0 Å². The number of thioether (sulfide) groups is 1. The maximum absolute atomic E-state index is 13.6. The van der Waals surface area contributed by atoms with Crippen LogP contribution in [0.1, 0.15) is 10.4 Å². The van der Waals surface area contributed by atoms with Gasteiger partial charge in [0, 0.05) is 22.0 Å². The number of hydrogen-bond donors (Lipinski definition) is 0. The highest BCUT2D eigenvalue weighted by Gasteiger charge is 2.10. The van der Waals surface area contributed by atoms with Gasteiger partial charge in [-0.1, -0.05) is 18.2 Å². The van der Waals surface area contributed by atoms with Gasteiger partial charge in [0.25, 0.3) is 0 Å². The molecule has 3 rings (SSSR count). The number of benzene rings is 2. The van der Waals surface area contributed by atoms with Crippen LogP contribution in [0.15, 0.2) is 59.6 Å². The monoisotopic (exact) mass is 299 g/mol. The molecule has 0 bridgehead atoms. The number of fused-ring (bicyclic) bond motifs is 1. The minimum atomic E-state index is -0.261. The quantitative estimate of drug-likeness (QED) is 0.526. The predicted octanol–water partition coefficient (Wildman–Crippen LogP) is 4.39. The van der Waals surface area contributed by atoms with Gasteiger partial charge >= 0.3 is 0 Å². The van der Waals surface area contributed by atoms with Gasteiger partial charge in [0.2, 0.25) is 0 Å². The van der Waals surface area contributed by atoms with E-state index in [-0.39, 0.29) is 18.1 Å². The Hall–Kier alpha value is -2.07. The molecular weight excluding hydrogens is 285 g/mol. The first-order valence-electron chi connectivity index (χ1n) is 6.59. The third-order valence-corrected chi connectivity index (χ3v) is 4.23. The molecule has 0 aliphatic heterocycles. The van der Waals surface area contributed by atoms with Crippen LogP contribution in [0.4, 0.5) is 4.39 Å². The molecule has 0 saturated heterocycles. The van der Waals surface area contributed by atoms with E-state index >= 15 is 0 Å². The maximum atomic E-state index is 13.6. The number of aromatic nitrogens is 1. The van der Waals surface area contributed by atoms with Gasteiger partial charge in [0.15, 0.2) is 5.78 Å². The van der Waals surface area contributed by atoms with Crippen molar-refractivity contribution in [3.05, 3.63) is 66.1 Å². The molecule has 21 heavy (non-hydrogen) atoms. The van der Waals surface area contributed by atoms with Crippen molar-refractivity contribution in [1.29, 1.82) is 0 Å². The number of ketones is 1. The summed E-state index contributed by atoms with van der Waals surface area (Å²) in [5.41, 5.74) is 1.41. The van der Waals surface area contributed by atoms with E-state index in [1.54, 1.807) is 34.7 Å². The molecule has 0 atom stereocenters. The highest BCUT2D eigenvalue weighted by molar-refractivity contribution is 7.98. The normalized spacial score (nSPS) is 11.0. The van der Waals surface area contributed by atoms with Crippen LogP contribution < -0.4 is 0 Å². The average molecular weight is 299 g/mol. The fourth-order valence-corrected chi connectivity index (χ4v) is 2.75. The molecule has 106 valence electrons. The largest absolute Gasteiger partial charge is 0.340 e. The number of Topliss-reactive ketones (excluding diaryl/α,β-unsaturated/α-hetero) is 1. The second-order valence-corrected chi connectivity index (χ2v) is 5.65. The third-order valence-electron chi connectivity index (χ3n) is 3.49. The Morgan fingerprint density at radius 3 is 2.62 bits per heavy atom. The summed E-state index contributed by atoms with van der Waals surface area (Å²) in [6.07, 6.45) is 3.75. The molecule has 0 unspecified atom stereocenters. The topological polar surface area (TPSA) is 22.0 Å². The lowest BCUT2D eigenvalue weighted by Gasteiger charge is -2.06. The molecule has 0 radical (unpaired) electrons. The summed E-state index contributed by atoms with van der Waals surface area (Å²) >= 11 is 1.64. The van der Waals surface area contributed by atoms with Crippen LogP contribution in [0.25, 0.3) is 10.9 Å². The number of carbonyl (C=O) groups excluding carboxylic acids is 1. The molecule has 1 aromatic heterocycles. The molecular formula is C17H14FNOS. The van der Waals surface area contributed by atoms with Crippen molar-refractivity contribution in [1.82, 2.24) is 4.57 Å². The molecule has 3 aromatic rings. The predicted molar refractivity (Wildman–Crippen MR) is 84.4 cm³/mol. The first-order valence-corrected chi connectivity index (χ1v) is 7.82. The Bertz CT molecular complexity index is 792. The minimum absolute atomic E-state index is 0.0180. The van der Waals surface area contributed by atoms with E-state index in [1.807, 2.05) is 36.6 Å². The van der Waals surface area contributed by atoms with Crippen molar-refractivity contribution >= 4 is 28.4 Å². The summed E-state index contributed by atoms with van der Waals surface area (Å²) in [5.74, 6) is -0.243. The standard InChI is InChI=1S/C17H14FNOS/c1-21-13-7-5-12(6-8-13)17(20)11-19-10-9-14-15(18)3-2-4-16(14)19/h2-10H,11H2,1H3. The Morgan fingerprint density at radius 2 is 1.90 bits per heavy atom. The number of hydrogen-bond acceptors (Lipinski definition) is 2. The van der Waals surface area contributed by atoms with E-state index in [2.05, 4.69) is 0 Å². The second-order valence-electron chi connectivity index (χ2n) is 4.77. The molecule has 4 heteroatoms. The van der Waals surface area contributed by atoms with Gasteiger partial charge < -0.3 is 4.57 Å². The van der Waals surface area contributed by atoms with Gasteiger partial charge in [0.05, 0.1) is 12.1 Å². The number of rotatable bonds is 4. The summed E-state index contributed by atoms with van der Waals surface area (Å²) in [6, 6.07) is 14.1. The summed E-state index contributed by atoms with van der Waals surface area (Å²) in [5, 5.41) is 0.544. The van der Waals surface area contributed by atoms with Gasteiger partial charge in [-0.3, -0.25) is 4.79 Å². The fourth-order valence-electron chi connectivity index (χ4n) is 2.35. The van der Waals surface area contributed by atoms with Gasteiger partial charge in [-0.15, -0.1) is 11.8 Å². The van der Waals surface area contributed by atoms with E-state index in [0.29, 0.717) is 10.9 Å². The fraction of sp³-hybridized carbons (Fsp3) is 0.118. The highest BCUT2D eigenvalue weighted by atomic mass is 32.2. The first-order chi connectivity index (χ1) is 10.2. The van der Waals surface area contributed by atoms with Crippen LogP contribution >= 0.6 is 11.8 Å². The van der Waals surface area contributed by atoms with E-state index in [1.165, 1.54) is 6.07 Å². The van der Waals surface area contributed by atoms with Crippen LogP contribution in [0, 0.1) is 5.82 Å². The summed E-state index contributed by atoms with van der Waals surface area (Å²) < 4.78 is 15.4. The lowest BCUT2D eigenvalue weighted by molar-refractivity contribution is 0.0973. The van der Waals surface area contributed by atoms with Crippen LogP contribution in [-0.4, -0.2) is 16.6 Å². The SMILES string of the molecule is CSc1ccc(C(=O)Cn2ccc3c(F)cccc32)cc1. The van der Waals surface area contributed by atoms with Gasteiger partial charge in [0.1, 0.15) is 5.82 Å². The summed E-state index contributed by atoms with van der Waals surface area (Å²) in [4.78, 5) is 13.4. The molecule has 1 heterocycles. The zero-order valence-electron chi connectivity index (χ0n) is 11.5. The van der Waals surface area contributed by atoms with E-state index in [9.17, 15) is 9.18 Å². The van der Waals surface area contributed by atoms with Crippen molar-refractivity contribution in [2.75, 3.05) is 6.26 Å². The van der Waals surface area contributed by atoms with Gasteiger partial charge in [-0.05, 0) is 36.6 Å². The Labute approximate surface area is 126 Å². The first kappa shape index (κ1) is 13.9. The Balaban J connectivity index is 1.87. The van der Waals surface area contributed by atoms with Crippen molar-refractivity contribution in [2.45, 2.75) is 11.4 Å². The molecule has 0 amide bonds. The Kier molecular flexibility index (Phi) is 3.80. The molecule has 0 N–H and O–H groups in total. The van der Waals surface area contributed by atoms with Crippen LogP contribution in [0.3, 0.4) is 0 Å². The van der Waals surface area contributed by atoms with Crippen molar-refractivity contribution < 1.29 is 9.18 Å². The zero-order valence-corrected chi connectivity index (χ0v) is 12.4. The van der Waals surface area contributed by atoms with Crippen LogP contribution in [-0.2, 0) is 6.54 Å². The highest BCUT2D eigenvalue weighted by Crippen LogP contribution is 2.20. The van der Waals surface area contributed by atoms with Gasteiger partial charge in [-0.2, -0.15) is 0 Å². The van der Waals surface area contributed by atoms with Crippen LogP contribution in [0.2, 0.25) is 0 Å². The molecule has 0 spiro atoms. The Morgan fingerprint density at radius 1 is 1.14 bits per heavy atom. The summed E-state index contributed by atoms with van der Waals surface area (Å²) in [7, 11) is 0. The van der Waals surface area contributed by atoms with Crippen molar-refractivity contribution in [3.63, 3.8) is 0 Å². The molecule has 0 aliphatic carbocycles. The van der Waals surface area contributed by atoms with Crippen molar-refractivity contribution in [2.24, 2.45) is 0 Å². The second kappa shape index (κ2) is 5.74. The lowest BCUT2D eigenvalue weighted by atomic mass is 10.1. The zero-order chi connectivity index (χ0) is 14.8. The van der Waals surface area contributed by atoms with E-state index in [4.69, 9.17) is 0 Å². The maximum Gasteiger partial charge on any atom is 0.182 e.